The van der Waals surface area contributed by atoms with Crippen molar-refractivity contribution in [3.63, 3.8) is 0 Å². The number of nitrogens with one attached hydrogen (secondary N) is 2. The van der Waals surface area contributed by atoms with Gasteiger partial charge in [0.1, 0.15) is 0 Å². The summed E-state index contributed by atoms with van der Waals surface area (Å²) in [4.78, 5) is 44.9. The van der Waals surface area contributed by atoms with Crippen LogP contribution in [-0.4, -0.2) is 43.4 Å². The lowest BCUT2D eigenvalue weighted by Crippen LogP contribution is -2.14. The molecule has 35 heavy (non-hydrogen) atoms. The predicted octanol–water partition coefficient (Wildman–Crippen LogP) is 5.34. The number of thioether (sulfide) groups is 2. The SMILES string of the molecule is O=C(CSc1nnc(SCC(=O)Nc2ccc([N+](=O)[O-])cc2Br)s1)Nc1ccc([N+](=O)[O-])cc1Br. The lowest BCUT2D eigenvalue weighted by molar-refractivity contribution is -0.385. The topological polar surface area (TPSA) is 170 Å². The maximum Gasteiger partial charge on any atom is 0.270 e. The fourth-order valence-corrected chi connectivity index (χ4v) is 5.93. The van der Waals surface area contributed by atoms with Crippen LogP contribution in [0.25, 0.3) is 0 Å². The second-order valence-electron chi connectivity index (χ2n) is 6.35. The number of halogens is 2. The summed E-state index contributed by atoms with van der Waals surface area (Å²) in [5, 5.41) is 34.9. The van der Waals surface area contributed by atoms with Crippen LogP contribution in [0, 0.1) is 20.2 Å². The van der Waals surface area contributed by atoms with Gasteiger partial charge in [-0.1, -0.05) is 34.9 Å². The molecule has 1 aromatic heterocycles. The number of rotatable bonds is 10. The Morgan fingerprint density at radius 1 is 0.829 bits per heavy atom. The summed E-state index contributed by atoms with van der Waals surface area (Å²) in [5.41, 5.74) is 0.607. The zero-order valence-electron chi connectivity index (χ0n) is 17.1. The minimum Gasteiger partial charge on any atom is -0.324 e. The molecular weight excluding hydrogens is 652 g/mol. The Morgan fingerprint density at radius 3 is 1.57 bits per heavy atom. The molecule has 0 atom stereocenters. The Kier molecular flexibility index (Phi) is 9.55. The summed E-state index contributed by atoms with van der Waals surface area (Å²) in [6.07, 6.45) is 0. The van der Waals surface area contributed by atoms with Gasteiger partial charge in [-0.3, -0.25) is 29.8 Å². The number of benzene rings is 2. The van der Waals surface area contributed by atoms with Crippen molar-refractivity contribution < 1.29 is 19.4 Å². The molecule has 0 saturated heterocycles. The number of nitrogens with zero attached hydrogens (tertiary/aromatic N) is 4. The van der Waals surface area contributed by atoms with Gasteiger partial charge in [0.25, 0.3) is 11.4 Å². The first-order chi connectivity index (χ1) is 16.6. The van der Waals surface area contributed by atoms with E-state index in [1.54, 1.807) is 0 Å². The number of carbonyl (C=O) groups is 2. The number of nitro groups is 2. The summed E-state index contributed by atoms with van der Waals surface area (Å²) in [7, 11) is 0. The van der Waals surface area contributed by atoms with Crippen LogP contribution in [0.4, 0.5) is 22.7 Å². The van der Waals surface area contributed by atoms with Crippen molar-refractivity contribution in [2.75, 3.05) is 22.1 Å². The third kappa shape index (κ3) is 7.96. The summed E-state index contributed by atoms with van der Waals surface area (Å²) >= 11 is 9.93. The van der Waals surface area contributed by atoms with E-state index in [0.29, 0.717) is 29.0 Å². The molecule has 2 aromatic carbocycles. The molecule has 0 fully saturated rings. The standard InChI is InChI=1S/C18H12Br2N6O6S3/c19-11-5-9(25(29)30)1-3-13(11)21-15(27)7-33-17-23-24-18(35-17)34-8-16(28)22-14-4-2-10(26(31)32)6-12(14)20/h1-6H,7-8H2,(H,21,27)(H,22,28). The summed E-state index contributed by atoms with van der Waals surface area (Å²) in [6, 6.07) is 8.05. The molecule has 12 nitrogen and oxygen atoms in total. The van der Waals surface area contributed by atoms with E-state index in [0.717, 1.165) is 23.5 Å². The van der Waals surface area contributed by atoms with Crippen LogP contribution in [0.3, 0.4) is 0 Å². The monoisotopic (exact) mass is 662 g/mol. The lowest BCUT2D eigenvalue weighted by atomic mass is 10.3. The highest BCUT2D eigenvalue weighted by molar-refractivity contribution is 9.11. The highest BCUT2D eigenvalue weighted by Gasteiger charge is 2.15. The fraction of sp³-hybridized carbons (Fsp3) is 0.111. The van der Waals surface area contributed by atoms with Crippen molar-refractivity contribution in [2.24, 2.45) is 0 Å². The predicted molar refractivity (Wildman–Crippen MR) is 140 cm³/mol. The summed E-state index contributed by atoms with van der Waals surface area (Å²) in [5.74, 6) is -0.585. The molecule has 2 amide bonds. The molecule has 0 unspecified atom stereocenters. The average molecular weight is 664 g/mol. The molecule has 0 saturated carbocycles. The molecule has 3 rings (SSSR count). The van der Waals surface area contributed by atoms with Crippen LogP contribution in [0.15, 0.2) is 54.0 Å². The van der Waals surface area contributed by atoms with Crippen LogP contribution in [-0.2, 0) is 9.59 Å². The third-order valence-electron chi connectivity index (χ3n) is 3.92. The van der Waals surface area contributed by atoms with E-state index in [1.165, 1.54) is 47.7 Å². The number of anilines is 2. The smallest absolute Gasteiger partial charge is 0.270 e. The Hall–Kier alpha value is -2.60. The lowest BCUT2D eigenvalue weighted by Gasteiger charge is -2.06. The van der Waals surface area contributed by atoms with Gasteiger partial charge in [0, 0.05) is 33.2 Å². The van der Waals surface area contributed by atoms with E-state index in [4.69, 9.17) is 0 Å². The van der Waals surface area contributed by atoms with Crippen molar-refractivity contribution in [3.8, 4) is 0 Å². The van der Waals surface area contributed by atoms with Gasteiger partial charge < -0.3 is 10.6 Å². The first kappa shape index (κ1) is 27.0. The number of non-ortho nitro benzene ring substituents is 2. The molecule has 2 N–H and O–H groups in total. The number of nitro benzene ring substituents is 2. The van der Waals surface area contributed by atoms with E-state index in [2.05, 4.69) is 52.7 Å². The number of hydrogen-bond donors (Lipinski definition) is 2. The van der Waals surface area contributed by atoms with Crippen molar-refractivity contribution >= 4 is 101 Å². The van der Waals surface area contributed by atoms with Gasteiger partial charge in [0.05, 0.1) is 32.7 Å². The largest absolute Gasteiger partial charge is 0.324 e. The van der Waals surface area contributed by atoms with E-state index in [9.17, 15) is 29.8 Å². The quantitative estimate of drug-likeness (QED) is 0.164. The molecule has 1 heterocycles. The highest BCUT2D eigenvalue weighted by Crippen LogP contribution is 2.31. The van der Waals surface area contributed by atoms with E-state index in [1.807, 2.05) is 0 Å². The second-order valence-corrected chi connectivity index (χ2v) is 11.5. The normalized spacial score (nSPS) is 10.6. The fourth-order valence-electron chi connectivity index (χ4n) is 2.38. The molecule has 0 radical (unpaired) electrons. The Morgan fingerprint density at radius 2 is 1.23 bits per heavy atom. The average Bonchev–Trinajstić information content (AvgIpc) is 3.26. The molecule has 0 aliphatic rings. The van der Waals surface area contributed by atoms with Crippen LogP contribution in [0.1, 0.15) is 0 Å². The van der Waals surface area contributed by atoms with Crippen LogP contribution in [0.2, 0.25) is 0 Å². The Bertz CT molecular complexity index is 1210. The molecule has 3 aromatic rings. The van der Waals surface area contributed by atoms with Crippen molar-refractivity contribution in [3.05, 3.63) is 65.6 Å². The molecule has 182 valence electrons. The zero-order chi connectivity index (χ0) is 25.5. The maximum atomic E-state index is 12.2. The van der Waals surface area contributed by atoms with Crippen molar-refractivity contribution in [2.45, 2.75) is 8.68 Å². The summed E-state index contributed by atoms with van der Waals surface area (Å²) < 4.78 is 1.84. The van der Waals surface area contributed by atoms with E-state index in [-0.39, 0.29) is 34.7 Å². The van der Waals surface area contributed by atoms with E-state index >= 15 is 0 Å². The van der Waals surface area contributed by atoms with Crippen LogP contribution in [0.5, 0.6) is 0 Å². The molecule has 0 aliphatic carbocycles. The molecule has 0 spiro atoms. The molecule has 0 aliphatic heterocycles. The van der Waals surface area contributed by atoms with Gasteiger partial charge in [0.2, 0.25) is 11.8 Å². The summed E-state index contributed by atoms with van der Waals surface area (Å²) in [6.45, 7) is 0. The zero-order valence-corrected chi connectivity index (χ0v) is 22.7. The number of aromatic nitrogens is 2. The number of carbonyl (C=O) groups excluding carboxylic acids is 2. The van der Waals surface area contributed by atoms with Crippen LogP contribution < -0.4 is 10.6 Å². The van der Waals surface area contributed by atoms with Gasteiger partial charge in [-0.25, -0.2) is 0 Å². The maximum absolute atomic E-state index is 12.2. The molecular formula is C18H12Br2N6O6S3. The molecule has 17 heteroatoms. The third-order valence-corrected chi connectivity index (χ3v) is 8.42. The van der Waals surface area contributed by atoms with Gasteiger partial charge in [0.15, 0.2) is 8.68 Å². The highest BCUT2D eigenvalue weighted by atomic mass is 79.9. The second kappa shape index (κ2) is 12.4. The van der Waals surface area contributed by atoms with Gasteiger partial charge >= 0.3 is 0 Å². The Balaban J connectivity index is 1.45. The van der Waals surface area contributed by atoms with Crippen molar-refractivity contribution in [1.82, 2.24) is 10.2 Å². The number of hydrogen-bond acceptors (Lipinski definition) is 11. The van der Waals surface area contributed by atoms with Crippen LogP contribution >= 0.6 is 66.7 Å². The van der Waals surface area contributed by atoms with Crippen molar-refractivity contribution in [1.29, 1.82) is 0 Å². The van der Waals surface area contributed by atoms with Gasteiger partial charge in [-0.15, -0.1) is 10.2 Å². The minimum absolute atomic E-state index is 0.0391. The molecule has 0 bridgehead atoms. The van der Waals surface area contributed by atoms with Gasteiger partial charge in [-0.05, 0) is 44.0 Å². The number of amides is 2. The minimum atomic E-state index is -0.532. The first-order valence-electron chi connectivity index (χ1n) is 9.19. The van der Waals surface area contributed by atoms with E-state index < -0.39 is 9.85 Å². The first-order valence-corrected chi connectivity index (χ1v) is 13.6. The Labute approximate surface area is 226 Å². The van der Waals surface area contributed by atoms with Gasteiger partial charge in [-0.2, -0.15) is 0 Å².